The van der Waals surface area contributed by atoms with Crippen LogP contribution in [0.4, 0.5) is 5.13 Å². The van der Waals surface area contributed by atoms with Crippen LogP contribution in [0.3, 0.4) is 0 Å². The standard InChI is InChI=1S/C28H25N7O15S/c29-26-31-13(8-51-26)17(33-50-27(24(43)44)4-9-1-2-10(5-27)48-9)19(38)30-12-7-47-35(21(12)40)28(25(45)46)6-14(23(42)49-28)34-20(39)11-3-15(36)18(37)32-16(11)22(34)41/h3,8-10,12,14,36H,1-2,4-7H2,(H2,29,31)(H,30,38)(H,32,37)(H,43,44)(H,45,46)/b33-17-/t9?,10?,12-,14-,27?,28?/m0/s1. The SMILES string of the molecule is Nc1nc(/C(=N/OC2(C(=O)O)CC3CCC(C2)O3)C(=O)N[C@H]2CON(C3(C(=O)O)C[C@H](N4C(=O)c5cc(O)c(=O)[nH]c5C4=O)C(=O)O3)C2=O)cs1. The number of H-pyrrole nitrogens is 1. The third kappa shape index (κ3) is 5.32. The summed E-state index contributed by atoms with van der Waals surface area (Å²) in [6.07, 6.45) is -0.724. The number of anilines is 1. The van der Waals surface area contributed by atoms with E-state index >= 15 is 0 Å². The van der Waals surface area contributed by atoms with Crippen molar-refractivity contribution in [3.63, 3.8) is 0 Å². The highest BCUT2D eigenvalue weighted by molar-refractivity contribution is 7.13. The average Bonchev–Trinajstić information content (AvgIpc) is 3.88. The number of nitrogens with two attached hydrogens (primary N) is 1. The van der Waals surface area contributed by atoms with Gasteiger partial charge in [0.05, 0.1) is 24.2 Å². The monoisotopic (exact) mass is 731 g/mol. The third-order valence-electron chi connectivity index (χ3n) is 9.05. The third-order valence-corrected chi connectivity index (χ3v) is 9.73. The van der Waals surface area contributed by atoms with Crippen LogP contribution in [0.15, 0.2) is 21.4 Å². The molecule has 7 N–H and O–H groups in total. The Balaban J connectivity index is 1.11. The number of nitrogen functional groups attached to an aromatic ring is 1. The summed E-state index contributed by atoms with van der Waals surface area (Å²) in [6.45, 7) is -0.706. The molecule has 4 amide bonds. The zero-order valence-electron chi connectivity index (χ0n) is 25.7. The lowest BCUT2D eigenvalue weighted by atomic mass is 9.90. The first kappa shape index (κ1) is 33.6. The van der Waals surface area contributed by atoms with E-state index in [4.69, 9.17) is 24.9 Å². The van der Waals surface area contributed by atoms with Crippen molar-refractivity contribution in [2.75, 3.05) is 12.3 Å². The Morgan fingerprint density at radius 2 is 1.78 bits per heavy atom. The lowest BCUT2D eigenvalue weighted by Gasteiger charge is -2.34. The van der Waals surface area contributed by atoms with Gasteiger partial charge in [0.2, 0.25) is 5.60 Å². The van der Waals surface area contributed by atoms with Crippen molar-refractivity contribution in [1.29, 1.82) is 0 Å². The molecule has 5 aliphatic heterocycles. The molecule has 5 aliphatic rings. The predicted molar refractivity (Wildman–Crippen MR) is 160 cm³/mol. The zero-order valence-corrected chi connectivity index (χ0v) is 26.5. The Kier molecular flexibility index (Phi) is 7.79. The number of thiazole rings is 1. The fraction of sp³-hybridized carbons (Fsp3) is 0.429. The number of nitrogens with zero attached hydrogens (tertiary/aromatic N) is 4. The minimum Gasteiger partial charge on any atom is -0.503 e. The van der Waals surface area contributed by atoms with E-state index in [0.29, 0.717) is 23.8 Å². The van der Waals surface area contributed by atoms with Gasteiger partial charge in [0, 0.05) is 24.3 Å². The van der Waals surface area contributed by atoms with Gasteiger partial charge in [-0.05, 0) is 12.8 Å². The summed E-state index contributed by atoms with van der Waals surface area (Å²) < 4.78 is 10.8. The van der Waals surface area contributed by atoms with E-state index in [1.54, 1.807) is 0 Å². The molecule has 4 fully saturated rings. The van der Waals surface area contributed by atoms with E-state index < -0.39 is 118 Å². The number of pyridine rings is 1. The summed E-state index contributed by atoms with van der Waals surface area (Å²) in [4.78, 5) is 120. The predicted octanol–water partition coefficient (Wildman–Crippen LogP) is -2.34. The van der Waals surface area contributed by atoms with E-state index in [9.17, 15) is 53.7 Å². The first-order chi connectivity index (χ1) is 24.1. The Labute approximate surface area is 286 Å². The molecule has 7 rings (SSSR count). The Morgan fingerprint density at radius 3 is 2.41 bits per heavy atom. The van der Waals surface area contributed by atoms with Gasteiger partial charge in [0.1, 0.15) is 30.1 Å². The normalized spacial score (nSPS) is 30.1. The summed E-state index contributed by atoms with van der Waals surface area (Å²) in [5.41, 5.74) is -1.92. The van der Waals surface area contributed by atoms with Gasteiger partial charge >= 0.3 is 23.6 Å². The van der Waals surface area contributed by atoms with Crippen LogP contribution >= 0.6 is 11.3 Å². The van der Waals surface area contributed by atoms with Crippen molar-refractivity contribution in [2.24, 2.45) is 5.16 Å². The number of hydrogen-bond acceptors (Lipinski definition) is 17. The highest BCUT2D eigenvalue weighted by Gasteiger charge is 2.65. The summed E-state index contributed by atoms with van der Waals surface area (Å²) in [7, 11) is 0. The lowest BCUT2D eigenvalue weighted by molar-refractivity contribution is -0.256. The van der Waals surface area contributed by atoms with E-state index in [-0.39, 0.29) is 28.7 Å². The highest BCUT2D eigenvalue weighted by atomic mass is 32.1. The number of esters is 1. The number of cyclic esters (lactones) is 1. The summed E-state index contributed by atoms with van der Waals surface area (Å²) in [5.74, 6) is -10.4. The van der Waals surface area contributed by atoms with Crippen LogP contribution in [0.25, 0.3) is 0 Å². The maximum atomic E-state index is 13.6. The van der Waals surface area contributed by atoms with Gasteiger partial charge in [-0.25, -0.2) is 19.4 Å². The number of amides is 4. The van der Waals surface area contributed by atoms with Crippen LogP contribution < -0.4 is 16.6 Å². The summed E-state index contributed by atoms with van der Waals surface area (Å²) in [5, 5.41) is 37.6. The number of ether oxygens (including phenoxy) is 2. The number of nitrogens with one attached hydrogen (secondary N) is 2. The molecule has 2 aromatic heterocycles. The van der Waals surface area contributed by atoms with E-state index in [2.05, 4.69) is 15.5 Å². The second-order valence-corrected chi connectivity index (χ2v) is 13.1. The molecule has 2 aromatic rings. The Bertz CT molecular complexity index is 2020. The molecular weight excluding hydrogens is 706 g/mol. The first-order valence-corrected chi connectivity index (χ1v) is 16.0. The second kappa shape index (κ2) is 11.8. The number of hydrogen-bond donors (Lipinski definition) is 6. The van der Waals surface area contributed by atoms with Crippen LogP contribution in [0, 0.1) is 0 Å². The van der Waals surface area contributed by atoms with E-state index in [0.717, 1.165) is 11.3 Å². The molecular formula is C28H25N7O15S. The number of carbonyl (C=O) groups excluding carboxylic acids is 5. The summed E-state index contributed by atoms with van der Waals surface area (Å²) >= 11 is 0.918. The van der Waals surface area contributed by atoms with Crippen LogP contribution in [-0.2, 0) is 43.1 Å². The second-order valence-electron chi connectivity index (χ2n) is 12.2. The number of aliphatic carboxylic acids is 2. The minimum absolute atomic E-state index is 0.0104. The number of aromatic amines is 1. The average molecular weight is 732 g/mol. The molecule has 23 heteroatoms. The number of oxime groups is 1. The number of imide groups is 1. The van der Waals surface area contributed by atoms with Crippen LogP contribution in [0.5, 0.6) is 5.75 Å². The highest BCUT2D eigenvalue weighted by Crippen LogP contribution is 2.41. The molecule has 268 valence electrons. The molecule has 5 atom stereocenters. The van der Waals surface area contributed by atoms with Gasteiger partial charge in [-0.3, -0.25) is 33.7 Å². The van der Waals surface area contributed by atoms with Gasteiger partial charge in [0.15, 0.2) is 16.6 Å². The number of aromatic nitrogens is 2. The topological polar surface area (TPSA) is 320 Å². The quantitative estimate of drug-likeness (QED) is 0.0681. The maximum absolute atomic E-state index is 13.6. The number of hydroxylamine groups is 2. The van der Waals surface area contributed by atoms with Crippen molar-refractivity contribution >= 4 is 63.7 Å². The molecule has 0 saturated carbocycles. The number of carboxylic acids is 2. The van der Waals surface area contributed by atoms with Crippen molar-refractivity contribution in [3.8, 4) is 5.75 Å². The lowest BCUT2D eigenvalue weighted by Crippen LogP contribution is -2.57. The number of carbonyl (C=O) groups is 7. The number of aromatic hydroxyl groups is 1. The molecule has 0 radical (unpaired) electrons. The molecule has 0 aromatic carbocycles. The Morgan fingerprint density at radius 1 is 1.08 bits per heavy atom. The molecule has 51 heavy (non-hydrogen) atoms. The molecule has 2 bridgehead atoms. The van der Waals surface area contributed by atoms with E-state index in [1.165, 1.54) is 5.38 Å². The molecule has 4 saturated heterocycles. The molecule has 0 spiro atoms. The smallest absolute Gasteiger partial charge is 0.372 e. The van der Waals surface area contributed by atoms with Crippen LogP contribution in [0.1, 0.15) is 58.6 Å². The molecule has 7 heterocycles. The number of carboxylic acid groups (broad SMARTS) is 2. The van der Waals surface area contributed by atoms with Gasteiger partial charge in [-0.2, -0.15) is 5.06 Å². The van der Waals surface area contributed by atoms with Gasteiger partial charge in [-0.1, -0.05) is 5.16 Å². The minimum atomic E-state index is -2.94. The van der Waals surface area contributed by atoms with Crippen LogP contribution in [-0.4, -0.2) is 125 Å². The van der Waals surface area contributed by atoms with Crippen LogP contribution in [0.2, 0.25) is 0 Å². The Hall–Kier alpha value is -5.94. The van der Waals surface area contributed by atoms with Gasteiger partial charge < -0.3 is 45.7 Å². The number of rotatable bonds is 9. The molecule has 3 unspecified atom stereocenters. The maximum Gasteiger partial charge on any atom is 0.372 e. The van der Waals surface area contributed by atoms with E-state index in [1.807, 2.05) is 4.98 Å². The fourth-order valence-electron chi connectivity index (χ4n) is 6.60. The molecule has 0 aliphatic carbocycles. The first-order valence-electron chi connectivity index (χ1n) is 15.1. The van der Waals surface area contributed by atoms with Crippen molar-refractivity contribution < 1.29 is 68.0 Å². The number of fused-ring (bicyclic) bond motifs is 3. The molecule has 22 nitrogen and oxygen atoms in total. The fourth-order valence-corrected chi connectivity index (χ4v) is 7.15. The van der Waals surface area contributed by atoms with Gasteiger partial charge in [-0.15, -0.1) is 11.3 Å². The summed E-state index contributed by atoms with van der Waals surface area (Å²) in [6, 6.07) is -2.87. The largest absolute Gasteiger partial charge is 0.503 e. The zero-order chi connectivity index (χ0) is 36.6. The van der Waals surface area contributed by atoms with Crippen molar-refractivity contribution in [1.82, 2.24) is 25.2 Å². The van der Waals surface area contributed by atoms with Crippen molar-refractivity contribution in [3.05, 3.63) is 38.8 Å². The van der Waals surface area contributed by atoms with Crippen molar-refractivity contribution in [2.45, 2.75) is 67.7 Å². The van der Waals surface area contributed by atoms with Gasteiger partial charge in [0.25, 0.3) is 29.2 Å².